The van der Waals surface area contributed by atoms with Gasteiger partial charge in [0.2, 0.25) is 5.91 Å². The molecule has 5 nitrogen and oxygen atoms in total. The summed E-state index contributed by atoms with van der Waals surface area (Å²) >= 11 is 0. The van der Waals surface area contributed by atoms with Gasteiger partial charge in [0.05, 0.1) is 22.7 Å². The van der Waals surface area contributed by atoms with Crippen molar-refractivity contribution in [1.29, 1.82) is 0 Å². The number of aromatic nitrogens is 2. The van der Waals surface area contributed by atoms with Gasteiger partial charge < -0.3 is 15.0 Å². The van der Waals surface area contributed by atoms with Crippen LogP contribution in [0, 0.1) is 0 Å². The largest absolute Gasteiger partial charge is 0.388 e. The lowest BCUT2D eigenvalue weighted by atomic mass is 10.0. The molecule has 2 atom stereocenters. The van der Waals surface area contributed by atoms with E-state index in [0.717, 1.165) is 36.1 Å². The number of aliphatic hydroxyl groups is 1. The molecule has 1 heterocycles. The highest BCUT2D eigenvalue weighted by Crippen LogP contribution is 2.40. The van der Waals surface area contributed by atoms with E-state index in [-0.39, 0.29) is 11.9 Å². The van der Waals surface area contributed by atoms with Gasteiger partial charge in [0, 0.05) is 18.9 Å². The van der Waals surface area contributed by atoms with E-state index in [1.807, 2.05) is 25.1 Å². The topological polar surface area (TPSA) is 67.2 Å². The van der Waals surface area contributed by atoms with Gasteiger partial charge in [-0.15, -0.1) is 0 Å². The molecule has 2 unspecified atom stereocenters. The molecule has 0 bridgehead atoms. The number of aryl methyl sites for hydroxylation is 1. The third kappa shape index (κ3) is 2.93. The molecule has 2 N–H and O–H groups in total. The number of carbonyl (C=O) groups is 1. The first kappa shape index (κ1) is 15.6. The number of imidazole rings is 1. The quantitative estimate of drug-likeness (QED) is 0.887. The van der Waals surface area contributed by atoms with Crippen LogP contribution in [0.4, 0.5) is 0 Å². The Bertz CT molecular complexity index is 761. The highest BCUT2D eigenvalue weighted by molar-refractivity contribution is 5.78. The number of amides is 1. The molecule has 2 saturated carbocycles. The summed E-state index contributed by atoms with van der Waals surface area (Å²) in [4.78, 5) is 17.1. The zero-order valence-corrected chi connectivity index (χ0v) is 14.2. The fourth-order valence-corrected chi connectivity index (χ4v) is 3.84. The summed E-state index contributed by atoms with van der Waals surface area (Å²) in [6.07, 6.45) is 5.40. The first-order chi connectivity index (χ1) is 11.5. The van der Waals surface area contributed by atoms with Crippen molar-refractivity contribution < 1.29 is 9.90 Å². The molecule has 1 aromatic heterocycles. The number of benzene rings is 1. The molecule has 0 spiro atoms. The van der Waals surface area contributed by atoms with Crippen LogP contribution >= 0.6 is 0 Å². The van der Waals surface area contributed by atoms with Crippen LogP contribution in [0.1, 0.15) is 57.2 Å². The molecule has 2 aromatic rings. The van der Waals surface area contributed by atoms with Gasteiger partial charge in [0.15, 0.2) is 0 Å². The molecule has 1 amide bonds. The highest BCUT2D eigenvalue weighted by atomic mass is 16.3. The van der Waals surface area contributed by atoms with Gasteiger partial charge >= 0.3 is 0 Å². The smallest absolute Gasteiger partial charge is 0.222 e. The van der Waals surface area contributed by atoms with Gasteiger partial charge in [-0.2, -0.15) is 0 Å². The second kappa shape index (κ2) is 5.88. The Balaban J connectivity index is 1.46. The summed E-state index contributed by atoms with van der Waals surface area (Å²) < 4.78 is 2.21. The van der Waals surface area contributed by atoms with Crippen molar-refractivity contribution in [3.8, 4) is 0 Å². The van der Waals surface area contributed by atoms with Crippen LogP contribution in [-0.4, -0.2) is 32.2 Å². The molecule has 5 heteroatoms. The van der Waals surface area contributed by atoms with Crippen LogP contribution in [0.3, 0.4) is 0 Å². The van der Waals surface area contributed by atoms with E-state index in [1.165, 1.54) is 12.8 Å². The number of hydrogen-bond acceptors (Lipinski definition) is 3. The zero-order valence-electron chi connectivity index (χ0n) is 14.2. The number of hydrogen-bond donors (Lipinski definition) is 2. The molecule has 2 aliphatic carbocycles. The van der Waals surface area contributed by atoms with Crippen molar-refractivity contribution in [3.05, 3.63) is 30.1 Å². The highest BCUT2D eigenvalue weighted by Gasteiger charge is 2.37. The summed E-state index contributed by atoms with van der Waals surface area (Å²) in [7, 11) is 0. The molecule has 2 fully saturated rings. The number of nitrogens with one attached hydrogen (secondary N) is 1. The van der Waals surface area contributed by atoms with E-state index < -0.39 is 5.60 Å². The Morgan fingerprint density at radius 2 is 2.17 bits per heavy atom. The van der Waals surface area contributed by atoms with E-state index in [1.54, 1.807) is 0 Å². The molecule has 1 aromatic carbocycles. The summed E-state index contributed by atoms with van der Waals surface area (Å²) in [5, 5.41) is 13.3. The number of rotatable bonds is 5. The molecular weight excluding hydrogens is 302 g/mol. The number of fused-ring (bicyclic) bond motifs is 1. The van der Waals surface area contributed by atoms with Gasteiger partial charge in [-0.25, -0.2) is 4.98 Å². The van der Waals surface area contributed by atoms with Gasteiger partial charge in [-0.3, -0.25) is 4.79 Å². The van der Waals surface area contributed by atoms with Crippen molar-refractivity contribution in [1.82, 2.24) is 14.9 Å². The number of nitrogens with zero attached hydrogens (tertiary/aromatic N) is 2. The Labute approximate surface area is 142 Å². The lowest BCUT2D eigenvalue weighted by Crippen LogP contribution is -2.47. The van der Waals surface area contributed by atoms with Crippen LogP contribution < -0.4 is 5.32 Å². The third-order valence-electron chi connectivity index (χ3n) is 5.45. The standard InChI is InChI=1S/C19H25N3O2/c1-19(24)11-4-7-16(19)21-17(23)10-12-22-15-6-3-2-5-14(15)20-18(22)13-8-9-13/h2-3,5-6,13,16,24H,4,7-12H2,1H3,(H,21,23). The van der Waals surface area contributed by atoms with E-state index in [2.05, 4.69) is 16.0 Å². The third-order valence-corrected chi connectivity index (χ3v) is 5.45. The van der Waals surface area contributed by atoms with Gasteiger partial charge in [0.25, 0.3) is 0 Å². The van der Waals surface area contributed by atoms with Crippen molar-refractivity contribution in [2.75, 3.05) is 0 Å². The molecule has 128 valence electrons. The summed E-state index contributed by atoms with van der Waals surface area (Å²) in [6.45, 7) is 2.46. The second-order valence-electron chi connectivity index (χ2n) is 7.50. The first-order valence-electron chi connectivity index (χ1n) is 9.01. The van der Waals surface area contributed by atoms with Crippen LogP contribution in [0.2, 0.25) is 0 Å². The average Bonchev–Trinajstić information content (AvgIpc) is 3.25. The maximum atomic E-state index is 12.4. The van der Waals surface area contributed by atoms with E-state index in [0.29, 0.717) is 18.9 Å². The fourth-order valence-electron chi connectivity index (χ4n) is 3.84. The molecule has 0 aliphatic heterocycles. The first-order valence-corrected chi connectivity index (χ1v) is 9.01. The number of carbonyl (C=O) groups excluding carboxylic acids is 1. The SMILES string of the molecule is CC1(O)CCCC1NC(=O)CCn1c(C2CC2)nc2ccccc21. The lowest BCUT2D eigenvalue weighted by molar-refractivity contribution is -0.123. The molecule has 0 radical (unpaired) electrons. The van der Waals surface area contributed by atoms with Crippen LogP contribution in [-0.2, 0) is 11.3 Å². The zero-order chi connectivity index (χ0) is 16.7. The van der Waals surface area contributed by atoms with Gasteiger partial charge in [-0.05, 0) is 51.2 Å². The second-order valence-corrected chi connectivity index (χ2v) is 7.50. The van der Waals surface area contributed by atoms with E-state index in [9.17, 15) is 9.90 Å². The Morgan fingerprint density at radius 3 is 2.88 bits per heavy atom. The minimum absolute atomic E-state index is 0.0155. The fraction of sp³-hybridized carbons (Fsp3) is 0.579. The minimum atomic E-state index is -0.767. The van der Waals surface area contributed by atoms with Gasteiger partial charge in [0.1, 0.15) is 5.82 Å². The molecule has 2 aliphatic rings. The monoisotopic (exact) mass is 327 g/mol. The van der Waals surface area contributed by atoms with Crippen molar-refractivity contribution >= 4 is 16.9 Å². The average molecular weight is 327 g/mol. The predicted octanol–water partition coefficient (Wildman–Crippen LogP) is 2.72. The van der Waals surface area contributed by atoms with Crippen molar-refractivity contribution in [3.63, 3.8) is 0 Å². The minimum Gasteiger partial charge on any atom is -0.388 e. The Hall–Kier alpha value is -1.88. The van der Waals surface area contributed by atoms with Crippen LogP contribution in [0.15, 0.2) is 24.3 Å². The van der Waals surface area contributed by atoms with Gasteiger partial charge in [-0.1, -0.05) is 12.1 Å². The molecule has 4 rings (SSSR count). The normalized spacial score (nSPS) is 26.8. The van der Waals surface area contributed by atoms with Crippen LogP contribution in [0.25, 0.3) is 11.0 Å². The Morgan fingerprint density at radius 1 is 1.38 bits per heavy atom. The lowest BCUT2D eigenvalue weighted by Gasteiger charge is -2.26. The Kier molecular flexibility index (Phi) is 3.83. The predicted molar refractivity (Wildman–Crippen MR) is 92.7 cm³/mol. The number of para-hydroxylation sites is 2. The molecule has 0 saturated heterocycles. The summed E-state index contributed by atoms with van der Waals surface area (Å²) in [5.74, 6) is 1.69. The molecular formula is C19H25N3O2. The van der Waals surface area contributed by atoms with E-state index in [4.69, 9.17) is 4.98 Å². The maximum Gasteiger partial charge on any atom is 0.222 e. The van der Waals surface area contributed by atoms with Crippen molar-refractivity contribution in [2.24, 2.45) is 0 Å². The van der Waals surface area contributed by atoms with Crippen molar-refractivity contribution in [2.45, 2.75) is 69.6 Å². The van der Waals surface area contributed by atoms with Crippen LogP contribution in [0.5, 0.6) is 0 Å². The maximum absolute atomic E-state index is 12.4. The summed E-state index contributed by atoms with van der Waals surface area (Å²) in [5.41, 5.74) is 1.36. The molecule has 24 heavy (non-hydrogen) atoms. The van der Waals surface area contributed by atoms with E-state index >= 15 is 0 Å². The summed E-state index contributed by atoms with van der Waals surface area (Å²) in [6, 6.07) is 8.02.